The second-order valence-electron chi connectivity index (χ2n) is 9.72. The van der Waals surface area contributed by atoms with Crippen LogP contribution in [-0.2, 0) is 33.4 Å². The van der Waals surface area contributed by atoms with Gasteiger partial charge < -0.3 is 14.2 Å². The third-order valence-corrected chi connectivity index (χ3v) is 8.00. The molecule has 1 fully saturated rings. The first-order valence-electron chi connectivity index (χ1n) is 12.3. The van der Waals surface area contributed by atoms with Gasteiger partial charge >= 0.3 is 0 Å². The van der Waals surface area contributed by atoms with Crippen LogP contribution in [0.3, 0.4) is 0 Å². The van der Waals surface area contributed by atoms with E-state index in [0.717, 1.165) is 12.8 Å². The number of imidazole rings is 1. The lowest BCUT2D eigenvalue weighted by molar-refractivity contribution is 0.0711. The molecule has 10 heteroatoms. The minimum atomic E-state index is -3.99. The van der Waals surface area contributed by atoms with Crippen molar-refractivity contribution in [1.29, 1.82) is 0 Å². The number of halogens is 2. The van der Waals surface area contributed by atoms with E-state index < -0.39 is 21.4 Å². The van der Waals surface area contributed by atoms with Gasteiger partial charge in [0.05, 0.1) is 36.8 Å². The predicted octanol–water partition coefficient (Wildman–Crippen LogP) is 5.13. The highest BCUT2D eigenvalue weighted by molar-refractivity contribution is 7.90. The molecule has 1 aliphatic heterocycles. The van der Waals surface area contributed by atoms with Gasteiger partial charge in [0, 0.05) is 29.3 Å². The minimum absolute atomic E-state index is 0.0771. The van der Waals surface area contributed by atoms with Crippen molar-refractivity contribution >= 4 is 27.3 Å². The van der Waals surface area contributed by atoms with Crippen molar-refractivity contribution in [2.75, 3.05) is 13.2 Å². The van der Waals surface area contributed by atoms with Gasteiger partial charge in [-0.1, -0.05) is 49.7 Å². The molecule has 1 amide bonds. The van der Waals surface area contributed by atoms with E-state index in [-0.39, 0.29) is 41.7 Å². The Kier molecular flexibility index (Phi) is 8.67. The number of carbonyl (C=O) groups is 1. The van der Waals surface area contributed by atoms with E-state index in [1.807, 2.05) is 13.8 Å². The summed E-state index contributed by atoms with van der Waals surface area (Å²) in [5, 5.41) is 0.307. The lowest BCUT2D eigenvalue weighted by atomic mass is 10.1. The summed E-state index contributed by atoms with van der Waals surface area (Å²) in [6.07, 6.45) is 3.00. The molecular formula is C27H31ClFN3O4S. The number of ether oxygens (including phenoxy) is 1. The number of amides is 1. The quantitative estimate of drug-likeness (QED) is 0.351. The average molecular weight is 548 g/mol. The molecule has 37 heavy (non-hydrogen) atoms. The molecule has 0 unspecified atom stereocenters. The van der Waals surface area contributed by atoms with Crippen molar-refractivity contribution in [3.8, 4) is 0 Å². The molecule has 2 heterocycles. The molecule has 0 radical (unpaired) electrons. The maximum atomic E-state index is 14.3. The van der Waals surface area contributed by atoms with E-state index in [0.29, 0.717) is 29.4 Å². The monoisotopic (exact) mass is 547 g/mol. The molecule has 198 valence electrons. The summed E-state index contributed by atoms with van der Waals surface area (Å²) in [5.74, 6) is -1.14. The van der Waals surface area contributed by atoms with Crippen LogP contribution >= 0.6 is 11.6 Å². The summed E-state index contributed by atoms with van der Waals surface area (Å²) < 4.78 is 48.5. The molecule has 2 aromatic carbocycles. The third kappa shape index (κ3) is 6.77. The molecule has 0 saturated carbocycles. The van der Waals surface area contributed by atoms with Crippen molar-refractivity contribution in [1.82, 2.24) is 14.5 Å². The van der Waals surface area contributed by atoms with Crippen LogP contribution in [0.2, 0.25) is 5.02 Å². The van der Waals surface area contributed by atoms with E-state index in [4.69, 9.17) is 16.3 Å². The summed E-state index contributed by atoms with van der Waals surface area (Å²) in [7, 11) is -3.99. The van der Waals surface area contributed by atoms with Crippen molar-refractivity contribution in [2.45, 2.75) is 56.8 Å². The molecule has 1 aromatic heterocycles. The van der Waals surface area contributed by atoms with Gasteiger partial charge in [0.2, 0.25) is 15.0 Å². The van der Waals surface area contributed by atoms with Gasteiger partial charge in [-0.2, -0.15) is 0 Å². The average Bonchev–Trinajstić information content (AvgIpc) is 3.50. The van der Waals surface area contributed by atoms with E-state index in [1.165, 1.54) is 24.4 Å². The maximum Gasteiger partial charge on any atom is 0.254 e. The summed E-state index contributed by atoms with van der Waals surface area (Å²) in [6, 6.07) is 12.6. The standard InChI is InChI=1S/C27H31ClFN3O4S/c1-19(2)15-31(26(33)20-8-5-9-22(28)13-20)16-23-14-30-27(32(23)17-24-10-6-12-36-24)37(34,35)18-21-7-3-4-11-25(21)29/h3-5,7-9,11,13-14,19,24H,6,10,12,15-18H2,1-2H3/t24-/m0/s1. The molecule has 3 aromatic rings. The fourth-order valence-electron chi connectivity index (χ4n) is 4.50. The summed E-state index contributed by atoms with van der Waals surface area (Å²) in [6.45, 7) is 5.51. The lowest BCUT2D eigenvalue weighted by Gasteiger charge is -2.26. The van der Waals surface area contributed by atoms with Crippen LogP contribution in [0.4, 0.5) is 4.39 Å². The number of carbonyl (C=O) groups excluding carboxylic acids is 1. The fraction of sp³-hybridized carbons (Fsp3) is 0.407. The first kappa shape index (κ1) is 27.3. The van der Waals surface area contributed by atoms with Crippen LogP contribution in [-0.4, -0.2) is 48.0 Å². The second-order valence-corrected chi connectivity index (χ2v) is 12.0. The number of rotatable bonds is 10. The molecule has 0 N–H and O–H groups in total. The van der Waals surface area contributed by atoms with Crippen molar-refractivity contribution < 1.29 is 22.3 Å². The third-order valence-electron chi connectivity index (χ3n) is 6.19. The van der Waals surface area contributed by atoms with Gasteiger partial charge in [0.15, 0.2) is 0 Å². The zero-order valence-corrected chi connectivity index (χ0v) is 22.5. The summed E-state index contributed by atoms with van der Waals surface area (Å²) in [5.41, 5.74) is 1.10. The summed E-state index contributed by atoms with van der Waals surface area (Å²) >= 11 is 6.12. The number of benzene rings is 2. The Morgan fingerprint density at radius 1 is 1.24 bits per heavy atom. The molecule has 1 atom stereocenters. The van der Waals surface area contributed by atoms with E-state index in [9.17, 15) is 17.6 Å². The van der Waals surface area contributed by atoms with Gasteiger partial charge in [-0.25, -0.2) is 17.8 Å². The molecule has 0 spiro atoms. The highest BCUT2D eigenvalue weighted by Gasteiger charge is 2.29. The number of nitrogens with zero attached hydrogens (tertiary/aromatic N) is 3. The van der Waals surface area contributed by atoms with Crippen molar-refractivity contribution in [3.05, 3.63) is 82.4 Å². The Bertz CT molecular complexity index is 1350. The number of hydrogen-bond acceptors (Lipinski definition) is 5. The van der Waals surface area contributed by atoms with Crippen LogP contribution in [0, 0.1) is 11.7 Å². The van der Waals surface area contributed by atoms with Crippen LogP contribution in [0.1, 0.15) is 48.3 Å². The Balaban J connectivity index is 1.69. The van der Waals surface area contributed by atoms with Gasteiger partial charge in [-0.3, -0.25) is 4.79 Å². The number of aromatic nitrogens is 2. The topological polar surface area (TPSA) is 81.5 Å². The Labute approximate surface area is 222 Å². The highest BCUT2D eigenvalue weighted by atomic mass is 35.5. The van der Waals surface area contributed by atoms with Crippen LogP contribution in [0.15, 0.2) is 59.9 Å². The smallest absolute Gasteiger partial charge is 0.254 e. The first-order chi connectivity index (χ1) is 17.6. The highest BCUT2D eigenvalue weighted by Crippen LogP contribution is 2.24. The zero-order chi connectivity index (χ0) is 26.6. The van der Waals surface area contributed by atoms with Crippen LogP contribution in [0.5, 0.6) is 0 Å². The van der Waals surface area contributed by atoms with Crippen LogP contribution in [0.25, 0.3) is 0 Å². The molecule has 0 aliphatic carbocycles. The normalized spacial score (nSPS) is 15.9. The van der Waals surface area contributed by atoms with E-state index >= 15 is 0 Å². The molecule has 0 bridgehead atoms. The Morgan fingerprint density at radius 3 is 2.70 bits per heavy atom. The maximum absolute atomic E-state index is 14.3. The molecule has 4 rings (SSSR count). The lowest BCUT2D eigenvalue weighted by Crippen LogP contribution is -2.35. The van der Waals surface area contributed by atoms with Crippen LogP contribution < -0.4 is 0 Å². The largest absolute Gasteiger partial charge is 0.376 e. The Morgan fingerprint density at radius 2 is 2.03 bits per heavy atom. The SMILES string of the molecule is CC(C)CN(Cc1cnc(S(=O)(=O)Cc2ccccc2F)n1C[C@@H]1CCCO1)C(=O)c1cccc(Cl)c1. The number of sulfone groups is 1. The predicted molar refractivity (Wildman–Crippen MR) is 140 cm³/mol. The van der Waals surface area contributed by atoms with Gasteiger partial charge in [-0.15, -0.1) is 0 Å². The fourth-order valence-corrected chi connectivity index (χ4v) is 6.20. The zero-order valence-electron chi connectivity index (χ0n) is 20.9. The Hall–Kier alpha value is -2.75. The summed E-state index contributed by atoms with van der Waals surface area (Å²) in [4.78, 5) is 19.4. The first-order valence-corrected chi connectivity index (χ1v) is 14.3. The second kappa shape index (κ2) is 11.8. The van der Waals surface area contributed by atoms with Gasteiger partial charge in [-0.05, 0) is 43.0 Å². The number of hydrogen-bond donors (Lipinski definition) is 0. The minimum Gasteiger partial charge on any atom is -0.376 e. The van der Waals surface area contributed by atoms with Gasteiger partial charge in [0.1, 0.15) is 5.82 Å². The van der Waals surface area contributed by atoms with Gasteiger partial charge in [0.25, 0.3) is 5.91 Å². The van der Waals surface area contributed by atoms with E-state index in [1.54, 1.807) is 39.8 Å². The van der Waals surface area contributed by atoms with E-state index in [2.05, 4.69) is 4.98 Å². The molecular weight excluding hydrogens is 517 g/mol. The van der Waals surface area contributed by atoms with Crippen molar-refractivity contribution in [2.24, 2.45) is 5.92 Å². The molecule has 1 aliphatic rings. The van der Waals surface area contributed by atoms with Crippen molar-refractivity contribution in [3.63, 3.8) is 0 Å². The molecule has 1 saturated heterocycles. The molecule has 7 nitrogen and oxygen atoms in total.